The lowest BCUT2D eigenvalue weighted by Crippen LogP contribution is -2.51. The molecule has 1 aromatic heterocycles. The first kappa shape index (κ1) is 15.0. The van der Waals surface area contributed by atoms with Crippen molar-refractivity contribution in [2.24, 2.45) is 5.73 Å². The van der Waals surface area contributed by atoms with Gasteiger partial charge in [-0.2, -0.15) is 5.10 Å². The fourth-order valence-electron chi connectivity index (χ4n) is 2.51. The van der Waals surface area contributed by atoms with Gasteiger partial charge in [-0.05, 0) is 39.7 Å². The third kappa shape index (κ3) is 3.37. The van der Waals surface area contributed by atoms with Crippen LogP contribution in [0.5, 0.6) is 0 Å². The van der Waals surface area contributed by atoms with Crippen LogP contribution in [0.1, 0.15) is 42.2 Å². The van der Waals surface area contributed by atoms with Gasteiger partial charge in [0, 0.05) is 18.8 Å². The van der Waals surface area contributed by atoms with E-state index in [1.165, 1.54) is 0 Å². The molecule has 1 atom stereocenters. The highest BCUT2D eigenvalue weighted by Gasteiger charge is 2.30. The van der Waals surface area contributed by atoms with E-state index in [9.17, 15) is 4.79 Å². The summed E-state index contributed by atoms with van der Waals surface area (Å²) in [5.41, 5.74) is 6.74. The number of hydrogen-bond acceptors (Lipinski definition) is 4. The molecule has 0 radical (unpaired) electrons. The van der Waals surface area contributed by atoms with Crippen molar-refractivity contribution < 1.29 is 9.53 Å². The van der Waals surface area contributed by atoms with Gasteiger partial charge >= 0.3 is 0 Å². The summed E-state index contributed by atoms with van der Waals surface area (Å²) in [7, 11) is 0. The molecule has 0 spiro atoms. The van der Waals surface area contributed by atoms with Crippen LogP contribution in [-0.4, -0.2) is 41.0 Å². The summed E-state index contributed by atoms with van der Waals surface area (Å²) in [6, 6.07) is 0. The third-order valence-electron chi connectivity index (χ3n) is 3.78. The minimum absolute atomic E-state index is 0.0745. The number of aryl methyl sites for hydroxylation is 1. The molecule has 1 aromatic rings. The van der Waals surface area contributed by atoms with Gasteiger partial charge in [0.05, 0.1) is 23.9 Å². The van der Waals surface area contributed by atoms with Crippen LogP contribution >= 0.6 is 0 Å². The Balaban J connectivity index is 2.03. The highest BCUT2D eigenvalue weighted by atomic mass is 16.5. The monoisotopic (exact) mass is 280 g/mol. The average Bonchev–Trinajstić information content (AvgIpc) is 2.78. The maximum absolute atomic E-state index is 12.4. The summed E-state index contributed by atoms with van der Waals surface area (Å²) >= 11 is 0. The summed E-state index contributed by atoms with van der Waals surface area (Å²) in [6.45, 7) is 6.66. The van der Waals surface area contributed by atoms with Crippen LogP contribution in [0, 0.1) is 6.92 Å². The number of carbonyl (C=O) groups is 1. The predicted octanol–water partition coefficient (Wildman–Crippen LogP) is 0.839. The number of nitrogens with two attached hydrogens (primary N) is 1. The van der Waals surface area contributed by atoms with Crippen LogP contribution in [0.25, 0.3) is 0 Å². The average molecular weight is 280 g/mol. The van der Waals surface area contributed by atoms with Crippen molar-refractivity contribution in [3.05, 3.63) is 17.5 Å². The van der Waals surface area contributed by atoms with E-state index < -0.39 is 0 Å². The van der Waals surface area contributed by atoms with E-state index in [1.807, 2.05) is 18.5 Å². The van der Waals surface area contributed by atoms with E-state index in [0.29, 0.717) is 18.7 Å². The summed E-state index contributed by atoms with van der Waals surface area (Å²) in [5, 5.41) is 7.34. The number of ether oxygens (including phenoxy) is 1. The molecule has 112 valence electrons. The maximum Gasteiger partial charge on any atom is 0.255 e. The van der Waals surface area contributed by atoms with Crippen LogP contribution in [0.2, 0.25) is 0 Å². The molecule has 0 aliphatic carbocycles. The Bertz CT molecular complexity index is 464. The summed E-state index contributed by atoms with van der Waals surface area (Å²) < 4.78 is 7.30. The highest BCUT2D eigenvalue weighted by Crippen LogP contribution is 2.19. The topological polar surface area (TPSA) is 82.2 Å². The number of nitrogens with one attached hydrogen (secondary N) is 1. The first-order chi connectivity index (χ1) is 9.56. The molecule has 20 heavy (non-hydrogen) atoms. The zero-order valence-corrected chi connectivity index (χ0v) is 12.3. The summed E-state index contributed by atoms with van der Waals surface area (Å²) in [6.07, 6.45) is 4.41. The van der Waals surface area contributed by atoms with Gasteiger partial charge in [0.2, 0.25) is 0 Å². The zero-order valence-electron chi connectivity index (χ0n) is 12.3. The second kappa shape index (κ2) is 6.37. The van der Waals surface area contributed by atoms with Crippen molar-refractivity contribution in [2.45, 2.75) is 45.2 Å². The van der Waals surface area contributed by atoms with Crippen LogP contribution in [0.3, 0.4) is 0 Å². The van der Waals surface area contributed by atoms with E-state index >= 15 is 0 Å². The number of aromatic nitrogens is 2. The summed E-state index contributed by atoms with van der Waals surface area (Å²) in [4.78, 5) is 12.4. The Hall–Kier alpha value is -1.40. The van der Waals surface area contributed by atoms with Crippen molar-refractivity contribution >= 4 is 5.91 Å². The van der Waals surface area contributed by atoms with Crippen molar-refractivity contribution in [3.8, 4) is 0 Å². The van der Waals surface area contributed by atoms with Crippen LogP contribution < -0.4 is 11.1 Å². The lowest BCUT2D eigenvalue weighted by atomic mass is 9.94. The van der Waals surface area contributed by atoms with Crippen molar-refractivity contribution in [2.75, 3.05) is 19.8 Å². The van der Waals surface area contributed by atoms with Gasteiger partial charge < -0.3 is 15.8 Å². The fraction of sp³-hybridized carbons (Fsp3) is 0.714. The standard InChI is InChI=1S/C14H24N4O2/c1-11-12(9-16-18(11)7-4-6-15)13(19)17-14(2)5-3-8-20-10-14/h9H,3-8,10,15H2,1-2H3,(H,17,19). The molecule has 1 saturated heterocycles. The van der Waals surface area contributed by atoms with Crippen molar-refractivity contribution in [1.29, 1.82) is 0 Å². The Morgan fingerprint density at radius 1 is 1.65 bits per heavy atom. The van der Waals surface area contributed by atoms with Gasteiger partial charge in [0.15, 0.2) is 0 Å². The molecule has 2 heterocycles. The second-order valence-electron chi connectivity index (χ2n) is 5.68. The van der Waals surface area contributed by atoms with Crippen molar-refractivity contribution in [3.63, 3.8) is 0 Å². The van der Waals surface area contributed by atoms with Crippen LogP contribution in [-0.2, 0) is 11.3 Å². The molecule has 0 saturated carbocycles. The molecular formula is C14H24N4O2. The molecule has 1 aliphatic rings. The molecule has 1 aliphatic heterocycles. The summed E-state index contributed by atoms with van der Waals surface area (Å²) in [5.74, 6) is -0.0745. The molecule has 6 nitrogen and oxygen atoms in total. The van der Waals surface area contributed by atoms with Gasteiger partial charge in [-0.1, -0.05) is 0 Å². The molecular weight excluding hydrogens is 256 g/mol. The van der Waals surface area contributed by atoms with Gasteiger partial charge in [-0.3, -0.25) is 9.48 Å². The van der Waals surface area contributed by atoms with Gasteiger partial charge in [0.25, 0.3) is 5.91 Å². The molecule has 0 bridgehead atoms. The minimum Gasteiger partial charge on any atom is -0.379 e. The zero-order chi connectivity index (χ0) is 14.6. The van der Waals surface area contributed by atoms with Gasteiger partial charge in [-0.25, -0.2) is 0 Å². The Kier molecular flexibility index (Phi) is 4.77. The number of nitrogens with zero attached hydrogens (tertiary/aromatic N) is 2. The van der Waals surface area contributed by atoms with Gasteiger partial charge in [0.1, 0.15) is 0 Å². The number of carbonyl (C=O) groups excluding carboxylic acids is 1. The van der Waals surface area contributed by atoms with E-state index in [-0.39, 0.29) is 11.4 Å². The van der Waals surface area contributed by atoms with Crippen LogP contribution in [0.4, 0.5) is 0 Å². The number of amides is 1. The molecule has 6 heteroatoms. The largest absolute Gasteiger partial charge is 0.379 e. The highest BCUT2D eigenvalue weighted by molar-refractivity contribution is 5.95. The van der Waals surface area contributed by atoms with E-state index in [0.717, 1.165) is 38.1 Å². The molecule has 0 aromatic carbocycles. The number of rotatable bonds is 5. The Labute approximate surface area is 119 Å². The first-order valence-corrected chi connectivity index (χ1v) is 7.18. The first-order valence-electron chi connectivity index (χ1n) is 7.18. The smallest absolute Gasteiger partial charge is 0.255 e. The van der Waals surface area contributed by atoms with Gasteiger partial charge in [-0.15, -0.1) is 0 Å². The fourth-order valence-corrected chi connectivity index (χ4v) is 2.51. The van der Waals surface area contributed by atoms with E-state index in [4.69, 9.17) is 10.5 Å². The second-order valence-corrected chi connectivity index (χ2v) is 5.68. The maximum atomic E-state index is 12.4. The normalized spacial score (nSPS) is 22.8. The molecule has 1 amide bonds. The lowest BCUT2D eigenvalue weighted by Gasteiger charge is -2.34. The molecule has 1 fully saturated rings. The van der Waals surface area contributed by atoms with E-state index in [1.54, 1.807) is 6.20 Å². The van der Waals surface area contributed by atoms with Crippen LogP contribution in [0.15, 0.2) is 6.20 Å². The predicted molar refractivity (Wildman–Crippen MR) is 76.6 cm³/mol. The SMILES string of the molecule is Cc1c(C(=O)NC2(C)CCCOC2)cnn1CCCN. The number of hydrogen-bond donors (Lipinski definition) is 2. The minimum atomic E-state index is -0.277. The third-order valence-corrected chi connectivity index (χ3v) is 3.78. The Morgan fingerprint density at radius 2 is 2.45 bits per heavy atom. The molecule has 3 N–H and O–H groups in total. The van der Waals surface area contributed by atoms with E-state index in [2.05, 4.69) is 10.4 Å². The quantitative estimate of drug-likeness (QED) is 0.837. The van der Waals surface area contributed by atoms with Crippen molar-refractivity contribution in [1.82, 2.24) is 15.1 Å². The Morgan fingerprint density at radius 3 is 3.10 bits per heavy atom. The lowest BCUT2D eigenvalue weighted by molar-refractivity contribution is 0.0272. The molecule has 2 rings (SSSR count). The molecule has 1 unspecified atom stereocenters.